The Hall–Kier alpha value is -1.74. The molecule has 0 aliphatic heterocycles. The Morgan fingerprint density at radius 1 is 1.14 bits per heavy atom. The zero-order chi connectivity index (χ0) is 15.1. The third-order valence-electron chi connectivity index (χ3n) is 3.75. The Morgan fingerprint density at radius 2 is 1.90 bits per heavy atom. The molecule has 1 heterocycles. The molecule has 21 heavy (non-hydrogen) atoms. The van der Waals surface area contributed by atoms with Crippen molar-refractivity contribution >= 4 is 0 Å². The van der Waals surface area contributed by atoms with Gasteiger partial charge in [0.25, 0.3) is 0 Å². The molecule has 114 valence electrons. The fourth-order valence-corrected chi connectivity index (χ4v) is 2.43. The van der Waals surface area contributed by atoms with Gasteiger partial charge < -0.3 is 15.0 Å². The molecule has 0 aliphatic rings. The van der Waals surface area contributed by atoms with Gasteiger partial charge in [-0.1, -0.05) is 19.1 Å². The topological polar surface area (TPSA) is 37.2 Å². The van der Waals surface area contributed by atoms with Crippen molar-refractivity contribution in [2.24, 2.45) is 0 Å². The molecule has 0 radical (unpaired) electrons. The van der Waals surface area contributed by atoms with E-state index in [9.17, 15) is 5.11 Å². The average molecular weight is 286 g/mol. The molecule has 2 rings (SSSR count). The summed E-state index contributed by atoms with van der Waals surface area (Å²) in [5, 5.41) is 12.8. The molecule has 0 saturated heterocycles. The molecule has 0 saturated carbocycles. The Morgan fingerprint density at radius 3 is 2.62 bits per heavy atom. The predicted octanol–water partition coefficient (Wildman–Crippen LogP) is 3.71. The molecule has 0 aliphatic carbocycles. The van der Waals surface area contributed by atoms with Crippen LogP contribution in [0.5, 0.6) is 5.75 Å². The number of nitrogens with zero attached hydrogens (tertiary/aromatic N) is 1. The highest BCUT2D eigenvalue weighted by atomic mass is 16.3. The fourth-order valence-electron chi connectivity index (χ4n) is 2.43. The summed E-state index contributed by atoms with van der Waals surface area (Å²) in [7, 11) is 0. The van der Waals surface area contributed by atoms with Crippen LogP contribution in [0.15, 0.2) is 42.7 Å². The average Bonchev–Trinajstić information content (AvgIpc) is 2.93. The molecular weight excluding hydrogens is 260 g/mol. The Kier molecular flexibility index (Phi) is 5.88. The summed E-state index contributed by atoms with van der Waals surface area (Å²) in [5.74, 6) is 0.335. The molecule has 0 amide bonds. The lowest BCUT2D eigenvalue weighted by atomic mass is 10.1. The van der Waals surface area contributed by atoms with Crippen molar-refractivity contribution in [3.05, 3.63) is 53.9 Å². The second-order valence-electron chi connectivity index (χ2n) is 5.74. The van der Waals surface area contributed by atoms with E-state index in [1.54, 1.807) is 12.1 Å². The van der Waals surface area contributed by atoms with Crippen molar-refractivity contribution in [1.29, 1.82) is 0 Å². The number of phenols is 1. The van der Waals surface area contributed by atoms with E-state index in [1.165, 1.54) is 17.5 Å². The Balaban J connectivity index is 1.71. The van der Waals surface area contributed by atoms with Gasteiger partial charge in [0.2, 0.25) is 0 Å². The lowest BCUT2D eigenvalue weighted by Gasteiger charge is -2.13. The zero-order valence-corrected chi connectivity index (χ0v) is 13.0. The molecular formula is C18H26N2O. The number of aryl methyl sites for hydroxylation is 2. The van der Waals surface area contributed by atoms with Crippen molar-refractivity contribution in [2.45, 2.75) is 52.2 Å². The first kappa shape index (κ1) is 15.6. The van der Waals surface area contributed by atoms with Crippen LogP contribution < -0.4 is 5.32 Å². The van der Waals surface area contributed by atoms with E-state index >= 15 is 0 Å². The van der Waals surface area contributed by atoms with Crippen LogP contribution in [0.25, 0.3) is 0 Å². The van der Waals surface area contributed by atoms with Crippen molar-refractivity contribution in [1.82, 2.24) is 9.88 Å². The van der Waals surface area contributed by atoms with E-state index in [-0.39, 0.29) is 0 Å². The van der Waals surface area contributed by atoms with Crippen LogP contribution in [-0.2, 0) is 19.5 Å². The maximum Gasteiger partial charge on any atom is 0.115 e. The first-order valence-corrected chi connectivity index (χ1v) is 7.83. The molecule has 2 N–H and O–H groups in total. The lowest BCUT2D eigenvalue weighted by molar-refractivity contribution is 0.474. The maximum atomic E-state index is 9.27. The first-order valence-electron chi connectivity index (χ1n) is 7.83. The van der Waals surface area contributed by atoms with E-state index in [1.807, 2.05) is 12.1 Å². The van der Waals surface area contributed by atoms with Gasteiger partial charge in [0, 0.05) is 31.5 Å². The van der Waals surface area contributed by atoms with Gasteiger partial charge in [0.15, 0.2) is 0 Å². The molecule has 1 aromatic carbocycles. The number of rotatable bonds is 8. The third kappa shape index (κ3) is 5.27. The van der Waals surface area contributed by atoms with Gasteiger partial charge in [0.05, 0.1) is 0 Å². The monoisotopic (exact) mass is 286 g/mol. The highest BCUT2D eigenvalue weighted by molar-refractivity contribution is 5.25. The molecule has 0 bridgehead atoms. The minimum Gasteiger partial charge on any atom is -0.508 e. The summed E-state index contributed by atoms with van der Waals surface area (Å²) < 4.78 is 2.25. The highest BCUT2D eigenvalue weighted by Crippen LogP contribution is 2.12. The van der Waals surface area contributed by atoms with E-state index in [0.717, 1.165) is 25.9 Å². The molecule has 1 atom stereocenters. The molecule has 0 spiro atoms. The van der Waals surface area contributed by atoms with Crippen LogP contribution in [0.1, 0.15) is 37.8 Å². The minimum absolute atomic E-state index is 0.335. The summed E-state index contributed by atoms with van der Waals surface area (Å²) in [4.78, 5) is 0. The standard InChI is InChI=1S/C18H26N2O/c1-3-11-20-12-10-17(14-20)13-19-15(2)4-5-16-6-8-18(21)9-7-16/h6-10,12,14-15,19,21H,3-5,11,13H2,1-2H3. The van der Waals surface area contributed by atoms with Gasteiger partial charge in [-0.05, 0) is 55.5 Å². The van der Waals surface area contributed by atoms with Crippen molar-refractivity contribution < 1.29 is 5.11 Å². The molecule has 3 nitrogen and oxygen atoms in total. The normalized spacial score (nSPS) is 12.5. The fraction of sp³-hybridized carbons (Fsp3) is 0.444. The number of aromatic hydroxyl groups is 1. The second kappa shape index (κ2) is 7.89. The smallest absolute Gasteiger partial charge is 0.115 e. The van der Waals surface area contributed by atoms with Gasteiger partial charge in [-0.15, -0.1) is 0 Å². The van der Waals surface area contributed by atoms with Crippen LogP contribution in [0.2, 0.25) is 0 Å². The minimum atomic E-state index is 0.335. The summed E-state index contributed by atoms with van der Waals surface area (Å²) in [6, 6.07) is 10.2. The number of aromatic nitrogens is 1. The SMILES string of the molecule is CCCn1ccc(CNC(C)CCc2ccc(O)cc2)c1. The highest BCUT2D eigenvalue weighted by Gasteiger charge is 2.03. The predicted molar refractivity (Wildman–Crippen MR) is 87.5 cm³/mol. The Bertz CT molecular complexity index is 530. The maximum absolute atomic E-state index is 9.27. The molecule has 1 unspecified atom stereocenters. The van der Waals surface area contributed by atoms with Crippen LogP contribution >= 0.6 is 0 Å². The van der Waals surface area contributed by atoms with Crippen LogP contribution in [0, 0.1) is 0 Å². The van der Waals surface area contributed by atoms with E-state index < -0.39 is 0 Å². The largest absolute Gasteiger partial charge is 0.508 e. The van der Waals surface area contributed by atoms with Gasteiger partial charge in [-0.2, -0.15) is 0 Å². The van der Waals surface area contributed by atoms with Gasteiger partial charge in [-0.25, -0.2) is 0 Å². The quantitative estimate of drug-likeness (QED) is 0.776. The van der Waals surface area contributed by atoms with Crippen LogP contribution in [-0.4, -0.2) is 15.7 Å². The number of benzene rings is 1. The second-order valence-corrected chi connectivity index (χ2v) is 5.74. The van der Waals surface area contributed by atoms with Crippen LogP contribution in [0.4, 0.5) is 0 Å². The molecule has 1 aromatic heterocycles. The summed E-state index contributed by atoms with van der Waals surface area (Å²) in [6.07, 6.45) is 7.68. The molecule has 3 heteroatoms. The summed E-state index contributed by atoms with van der Waals surface area (Å²) in [6.45, 7) is 6.44. The Labute approximate surface area is 127 Å². The van der Waals surface area contributed by atoms with Gasteiger partial charge in [-0.3, -0.25) is 0 Å². The third-order valence-corrected chi connectivity index (χ3v) is 3.75. The van der Waals surface area contributed by atoms with Gasteiger partial charge in [0.1, 0.15) is 5.75 Å². The van der Waals surface area contributed by atoms with Crippen molar-refractivity contribution in [2.75, 3.05) is 0 Å². The van der Waals surface area contributed by atoms with Crippen molar-refractivity contribution in [3.63, 3.8) is 0 Å². The zero-order valence-electron chi connectivity index (χ0n) is 13.0. The van der Waals surface area contributed by atoms with Gasteiger partial charge >= 0.3 is 0 Å². The lowest BCUT2D eigenvalue weighted by Crippen LogP contribution is -2.25. The first-order chi connectivity index (χ1) is 10.2. The molecule has 2 aromatic rings. The summed E-state index contributed by atoms with van der Waals surface area (Å²) >= 11 is 0. The van der Waals surface area contributed by atoms with E-state index in [2.05, 4.69) is 42.2 Å². The summed E-state index contributed by atoms with van der Waals surface area (Å²) in [5.41, 5.74) is 2.62. The van der Waals surface area contributed by atoms with Crippen LogP contribution in [0.3, 0.4) is 0 Å². The van der Waals surface area contributed by atoms with E-state index in [4.69, 9.17) is 0 Å². The number of phenolic OH excluding ortho intramolecular Hbond substituents is 1. The van der Waals surface area contributed by atoms with E-state index in [0.29, 0.717) is 11.8 Å². The van der Waals surface area contributed by atoms with Crippen molar-refractivity contribution in [3.8, 4) is 5.75 Å². The number of hydrogen-bond acceptors (Lipinski definition) is 2. The number of hydrogen-bond donors (Lipinski definition) is 2. The number of nitrogens with one attached hydrogen (secondary N) is 1. The molecule has 0 fully saturated rings.